The molecule has 0 saturated heterocycles. The Hall–Kier alpha value is -1.02. The zero-order valence-corrected chi connectivity index (χ0v) is 8.68. The van der Waals surface area contributed by atoms with Gasteiger partial charge in [0, 0.05) is 12.1 Å². The van der Waals surface area contributed by atoms with Crippen LogP contribution in [0.2, 0.25) is 0 Å². The highest BCUT2D eigenvalue weighted by molar-refractivity contribution is 5.41. The average Bonchev–Trinajstić information content (AvgIpc) is 2.26. The minimum absolute atomic E-state index is 0.816. The fourth-order valence-corrected chi connectivity index (χ4v) is 1.83. The van der Waals surface area contributed by atoms with Crippen LogP contribution in [-0.4, -0.2) is 13.2 Å². The van der Waals surface area contributed by atoms with Crippen molar-refractivity contribution in [3.63, 3.8) is 0 Å². The average molecular weight is 191 g/mol. The molecule has 2 nitrogen and oxygen atoms in total. The van der Waals surface area contributed by atoms with E-state index in [1.165, 1.54) is 11.1 Å². The fraction of sp³-hybridized carbons (Fsp3) is 0.500. The van der Waals surface area contributed by atoms with Gasteiger partial charge >= 0.3 is 0 Å². The van der Waals surface area contributed by atoms with Crippen molar-refractivity contribution in [2.45, 2.75) is 26.3 Å². The molecule has 0 radical (unpaired) electrons. The molecule has 0 saturated carbocycles. The van der Waals surface area contributed by atoms with Crippen LogP contribution in [0.15, 0.2) is 18.2 Å². The van der Waals surface area contributed by atoms with Crippen molar-refractivity contribution in [1.29, 1.82) is 0 Å². The molecule has 0 aliphatic carbocycles. The molecule has 0 amide bonds. The molecule has 0 bridgehead atoms. The molecule has 2 heteroatoms. The van der Waals surface area contributed by atoms with Crippen LogP contribution >= 0.6 is 0 Å². The van der Waals surface area contributed by atoms with Gasteiger partial charge in [0.05, 0.1) is 6.61 Å². The maximum absolute atomic E-state index is 5.71. The van der Waals surface area contributed by atoms with E-state index in [1.807, 2.05) is 0 Å². The molecule has 0 fully saturated rings. The first-order valence-corrected chi connectivity index (χ1v) is 5.36. The van der Waals surface area contributed by atoms with Crippen LogP contribution in [0.5, 0.6) is 5.75 Å². The highest BCUT2D eigenvalue weighted by atomic mass is 16.5. The molecule has 2 rings (SSSR count). The summed E-state index contributed by atoms with van der Waals surface area (Å²) < 4.78 is 5.71. The molecule has 0 aromatic heterocycles. The van der Waals surface area contributed by atoms with Crippen LogP contribution in [-0.2, 0) is 13.0 Å². The molecular weight excluding hydrogens is 174 g/mol. The van der Waals surface area contributed by atoms with Crippen molar-refractivity contribution >= 4 is 0 Å². The summed E-state index contributed by atoms with van der Waals surface area (Å²) in [5.41, 5.74) is 2.80. The molecule has 76 valence electrons. The first-order chi connectivity index (χ1) is 6.92. The largest absolute Gasteiger partial charge is 0.493 e. The van der Waals surface area contributed by atoms with Crippen LogP contribution in [0.3, 0.4) is 0 Å². The van der Waals surface area contributed by atoms with Crippen molar-refractivity contribution in [2.24, 2.45) is 0 Å². The Labute approximate surface area is 85.3 Å². The molecule has 1 N–H and O–H groups in total. The van der Waals surface area contributed by atoms with Gasteiger partial charge in [-0.05, 0) is 31.0 Å². The summed E-state index contributed by atoms with van der Waals surface area (Å²) in [7, 11) is 0. The molecule has 1 aliphatic heterocycles. The Balaban J connectivity index is 2.21. The summed E-state index contributed by atoms with van der Waals surface area (Å²) in [6.45, 7) is 4.99. The lowest BCUT2D eigenvalue weighted by Crippen LogP contribution is -2.24. The van der Waals surface area contributed by atoms with E-state index >= 15 is 0 Å². The Morgan fingerprint density at radius 3 is 3.21 bits per heavy atom. The molecule has 14 heavy (non-hydrogen) atoms. The van der Waals surface area contributed by atoms with Gasteiger partial charge in [-0.2, -0.15) is 0 Å². The lowest BCUT2D eigenvalue weighted by Gasteiger charge is -2.20. The lowest BCUT2D eigenvalue weighted by atomic mass is 10.0. The molecule has 0 atom stereocenters. The van der Waals surface area contributed by atoms with Gasteiger partial charge in [-0.1, -0.05) is 19.1 Å². The second kappa shape index (κ2) is 4.47. The topological polar surface area (TPSA) is 21.3 Å². The number of fused-ring (bicyclic) bond motifs is 1. The predicted molar refractivity (Wildman–Crippen MR) is 57.6 cm³/mol. The Kier molecular flexibility index (Phi) is 3.04. The molecule has 1 heterocycles. The highest BCUT2D eigenvalue weighted by Crippen LogP contribution is 2.24. The van der Waals surface area contributed by atoms with Crippen molar-refractivity contribution < 1.29 is 4.74 Å². The zero-order chi connectivity index (χ0) is 9.80. The number of nitrogens with one attached hydrogen (secondary N) is 1. The maximum Gasteiger partial charge on any atom is 0.124 e. The molecule has 1 aliphatic rings. The lowest BCUT2D eigenvalue weighted by molar-refractivity contribution is 0.312. The highest BCUT2D eigenvalue weighted by Gasteiger charge is 2.12. The maximum atomic E-state index is 5.71. The minimum Gasteiger partial charge on any atom is -0.493 e. The number of ether oxygens (including phenoxy) is 1. The van der Waals surface area contributed by atoms with E-state index in [0.29, 0.717) is 0 Å². The van der Waals surface area contributed by atoms with Gasteiger partial charge in [-0.25, -0.2) is 0 Å². The van der Waals surface area contributed by atoms with Gasteiger partial charge in [-0.3, -0.25) is 0 Å². The van der Waals surface area contributed by atoms with Crippen LogP contribution in [0.4, 0.5) is 0 Å². The third-order valence-corrected chi connectivity index (χ3v) is 2.56. The quantitative estimate of drug-likeness (QED) is 0.790. The summed E-state index contributed by atoms with van der Waals surface area (Å²) in [5.74, 6) is 1.07. The van der Waals surface area contributed by atoms with Gasteiger partial charge in [0.25, 0.3) is 0 Å². The van der Waals surface area contributed by atoms with E-state index in [-0.39, 0.29) is 0 Å². The van der Waals surface area contributed by atoms with Crippen LogP contribution in [0.25, 0.3) is 0 Å². The van der Waals surface area contributed by atoms with Gasteiger partial charge in [0.2, 0.25) is 0 Å². The summed E-state index contributed by atoms with van der Waals surface area (Å²) in [5, 5.41) is 3.38. The smallest absolute Gasteiger partial charge is 0.124 e. The number of benzene rings is 1. The van der Waals surface area contributed by atoms with E-state index in [1.54, 1.807) is 0 Å². The van der Waals surface area contributed by atoms with Crippen LogP contribution in [0.1, 0.15) is 24.5 Å². The predicted octanol–water partition coefficient (Wildman–Crippen LogP) is 2.12. The molecular formula is C12H17NO. The number of hydrogen-bond acceptors (Lipinski definition) is 2. The van der Waals surface area contributed by atoms with Crippen LogP contribution in [0, 0.1) is 0 Å². The summed E-state index contributed by atoms with van der Waals surface area (Å²) >= 11 is 0. The Morgan fingerprint density at radius 2 is 2.36 bits per heavy atom. The molecule has 1 aromatic rings. The summed E-state index contributed by atoms with van der Waals surface area (Å²) in [6.07, 6.45) is 2.19. The molecule has 0 spiro atoms. The monoisotopic (exact) mass is 191 g/mol. The van der Waals surface area contributed by atoms with Crippen LogP contribution < -0.4 is 10.1 Å². The van der Waals surface area contributed by atoms with Crippen molar-refractivity contribution in [3.8, 4) is 5.75 Å². The van der Waals surface area contributed by atoms with E-state index in [9.17, 15) is 0 Å². The van der Waals surface area contributed by atoms with E-state index in [4.69, 9.17) is 4.74 Å². The SMILES string of the molecule is CCCOc1cccc2c1CNCC2. The number of hydrogen-bond donors (Lipinski definition) is 1. The van der Waals surface area contributed by atoms with Gasteiger partial charge in [0.15, 0.2) is 0 Å². The normalized spacial score (nSPS) is 14.9. The first-order valence-electron chi connectivity index (χ1n) is 5.36. The van der Waals surface area contributed by atoms with Gasteiger partial charge in [-0.15, -0.1) is 0 Å². The molecule has 1 aromatic carbocycles. The van der Waals surface area contributed by atoms with E-state index in [0.717, 1.165) is 38.3 Å². The zero-order valence-electron chi connectivity index (χ0n) is 8.68. The second-order valence-corrected chi connectivity index (χ2v) is 3.67. The van der Waals surface area contributed by atoms with E-state index < -0.39 is 0 Å². The Morgan fingerprint density at radius 1 is 1.43 bits per heavy atom. The van der Waals surface area contributed by atoms with Gasteiger partial charge in [0.1, 0.15) is 5.75 Å². The minimum atomic E-state index is 0.816. The van der Waals surface area contributed by atoms with E-state index in [2.05, 4.69) is 30.4 Å². The fourth-order valence-electron chi connectivity index (χ4n) is 1.83. The summed E-state index contributed by atoms with van der Waals surface area (Å²) in [4.78, 5) is 0. The van der Waals surface area contributed by atoms with Crippen molar-refractivity contribution in [1.82, 2.24) is 5.32 Å². The van der Waals surface area contributed by atoms with Gasteiger partial charge < -0.3 is 10.1 Å². The van der Waals surface area contributed by atoms with Crippen molar-refractivity contribution in [3.05, 3.63) is 29.3 Å². The second-order valence-electron chi connectivity index (χ2n) is 3.67. The standard InChI is InChI=1S/C12H17NO/c1-2-8-14-12-5-3-4-10-6-7-13-9-11(10)12/h3-5,13H,2,6-9H2,1H3. The van der Waals surface area contributed by atoms with Crippen molar-refractivity contribution in [2.75, 3.05) is 13.2 Å². The third kappa shape index (κ3) is 1.90. The third-order valence-electron chi connectivity index (χ3n) is 2.56. The molecule has 0 unspecified atom stereocenters. The first kappa shape index (κ1) is 9.53. The Bertz CT molecular complexity index is 309. The summed E-state index contributed by atoms with van der Waals surface area (Å²) in [6, 6.07) is 6.37. The number of rotatable bonds is 3.